The summed E-state index contributed by atoms with van der Waals surface area (Å²) in [4.78, 5) is 24.3. The van der Waals surface area contributed by atoms with Crippen molar-refractivity contribution in [3.63, 3.8) is 0 Å². The third kappa shape index (κ3) is 5.77. The lowest BCUT2D eigenvalue weighted by Crippen LogP contribution is -2.21. The molecule has 0 bridgehead atoms. The van der Waals surface area contributed by atoms with Gasteiger partial charge in [0.25, 0.3) is 0 Å². The second-order valence-electron chi connectivity index (χ2n) is 5.81. The molecule has 6 nitrogen and oxygen atoms in total. The maximum atomic E-state index is 12.2. The molecule has 0 saturated heterocycles. The van der Waals surface area contributed by atoms with E-state index in [4.69, 9.17) is 34.8 Å². The van der Waals surface area contributed by atoms with Crippen molar-refractivity contribution in [2.75, 3.05) is 21.3 Å². The first-order chi connectivity index (χ1) is 13.9. The quantitative estimate of drug-likeness (QED) is 0.348. The van der Waals surface area contributed by atoms with Gasteiger partial charge in [-0.2, -0.15) is 0 Å². The lowest BCUT2D eigenvalue weighted by Gasteiger charge is -2.12. The van der Waals surface area contributed by atoms with E-state index < -0.39 is 12.1 Å². The number of carbonyl (C=O) groups excluding carboxylic acids is 2. The molecule has 0 saturated carbocycles. The Labute approximate surface area is 182 Å². The van der Waals surface area contributed by atoms with E-state index in [0.717, 1.165) is 0 Å². The van der Waals surface area contributed by atoms with Gasteiger partial charge in [0.2, 0.25) is 0 Å². The SMILES string of the molecule is O=C(Nc1ccc(NC(=O)Nc2ccccc2Cl)c(Cl)c1)Nc1ccccc1Cl. The topological polar surface area (TPSA) is 82.3 Å². The minimum atomic E-state index is -0.503. The van der Waals surface area contributed by atoms with Crippen LogP contribution < -0.4 is 21.3 Å². The average Bonchev–Trinajstić information content (AvgIpc) is 2.68. The first-order valence-corrected chi connectivity index (χ1v) is 9.50. The molecule has 4 amide bonds. The first kappa shape index (κ1) is 20.8. The second kappa shape index (κ2) is 9.52. The average molecular weight is 450 g/mol. The molecule has 0 aliphatic carbocycles. The zero-order valence-electron chi connectivity index (χ0n) is 14.8. The highest BCUT2D eigenvalue weighted by Crippen LogP contribution is 2.27. The van der Waals surface area contributed by atoms with Gasteiger partial charge in [0.1, 0.15) is 0 Å². The number of urea groups is 2. The Morgan fingerprint density at radius 3 is 1.48 bits per heavy atom. The lowest BCUT2D eigenvalue weighted by atomic mass is 10.2. The number of rotatable bonds is 4. The molecule has 0 radical (unpaired) electrons. The summed E-state index contributed by atoms with van der Waals surface area (Å²) < 4.78 is 0. The Morgan fingerprint density at radius 2 is 1.00 bits per heavy atom. The molecular weight excluding hydrogens is 435 g/mol. The Morgan fingerprint density at radius 1 is 0.552 bits per heavy atom. The number of anilines is 4. The molecule has 4 N–H and O–H groups in total. The Bertz CT molecular complexity index is 1060. The van der Waals surface area contributed by atoms with Crippen molar-refractivity contribution >= 4 is 69.6 Å². The van der Waals surface area contributed by atoms with Crippen molar-refractivity contribution in [2.24, 2.45) is 0 Å². The second-order valence-corrected chi connectivity index (χ2v) is 7.03. The summed E-state index contributed by atoms with van der Waals surface area (Å²) in [6.07, 6.45) is 0. The minimum absolute atomic E-state index is 0.245. The Hall–Kier alpha value is -2.93. The molecule has 0 spiro atoms. The number of carbonyl (C=O) groups is 2. The number of halogens is 3. The van der Waals surface area contributed by atoms with Crippen molar-refractivity contribution in [1.29, 1.82) is 0 Å². The molecule has 0 fully saturated rings. The van der Waals surface area contributed by atoms with Crippen LogP contribution in [0, 0.1) is 0 Å². The predicted molar refractivity (Wildman–Crippen MR) is 120 cm³/mol. The smallest absolute Gasteiger partial charge is 0.308 e. The highest BCUT2D eigenvalue weighted by Gasteiger charge is 2.10. The number of amides is 4. The Balaban J connectivity index is 1.61. The van der Waals surface area contributed by atoms with Crippen molar-refractivity contribution < 1.29 is 9.59 Å². The largest absolute Gasteiger partial charge is 0.323 e. The molecule has 0 aliphatic rings. The summed E-state index contributed by atoms with van der Waals surface area (Å²) in [5.74, 6) is 0. The molecule has 0 atom stereocenters. The first-order valence-electron chi connectivity index (χ1n) is 8.37. The van der Waals surface area contributed by atoms with E-state index in [0.29, 0.717) is 32.8 Å². The van der Waals surface area contributed by atoms with Crippen LogP contribution in [0.15, 0.2) is 66.7 Å². The number of hydrogen-bond donors (Lipinski definition) is 4. The predicted octanol–water partition coefficient (Wildman–Crippen LogP) is 6.93. The van der Waals surface area contributed by atoms with Crippen LogP contribution in [0.25, 0.3) is 0 Å². The van der Waals surface area contributed by atoms with E-state index in [1.807, 2.05) is 0 Å². The van der Waals surface area contributed by atoms with Crippen LogP contribution in [0.5, 0.6) is 0 Å². The van der Waals surface area contributed by atoms with Gasteiger partial charge < -0.3 is 21.3 Å². The lowest BCUT2D eigenvalue weighted by molar-refractivity contribution is 0.261. The van der Waals surface area contributed by atoms with Crippen LogP contribution in [0.3, 0.4) is 0 Å². The van der Waals surface area contributed by atoms with E-state index in [-0.39, 0.29) is 5.02 Å². The van der Waals surface area contributed by atoms with Crippen LogP contribution in [0.2, 0.25) is 15.1 Å². The normalized spacial score (nSPS) is 10.2. The monoisotopic (exact) mass is 448 g/mol. The maximum Gasteiger partial charge on any atom is 0.323 e. The van der Waals surface area contributed by atoms with Gasteiger partial charge in [-0.1, -0.05) is 59.1 Å². The minimum Gasteiger partial charge on any atom is -0.308 e. The molecule has 148 valence electrons. The summed E-state index contributed by atoms with van der Waals surface area (Å²) in [5.41, 5.74) is 1.76. The van der Waals surface area contributed by atoms with Crippen molar-refractivity contribution in [3.05, 3.63) is 81.8 Å². The summed E-state index contributed by atoms with van der Waals surface area (Å²) >= 11 is 18.2. The fourth-order valence-corrected chi connectivity index (χ4v) is 2.97. The molecule has 3 rings (SSSR count). The molecule has 3 aromatic rings. The van der Waals surface area contributed by atoms with Crippen LogP contribution >= 0.6 is 34.8 Å². The molecule has 0 aliphatic heterocycles. The van der Waals surface area contributed by atoms with E-state index in [1.165, 1.54) is 6.07 Å². The molecule has 9 heteroatoms. The van der Waals surface area contributed by atoms with Crippen LogP contribution in [0.4, 0.5) is 32.3 Å². The molecule has 29 heavy (non-hydrogen) atoms. The summed E-state index contributed by atoms with van der Waals surface area (Å²) in [7, 11) is 0. The standard InChI is InChI=1S/C20H15Cl3N4O2/c21-13-5-1-3-7-16(13)25-19(28)24-12-9-10-18(15(23)11-12)27-20(29)26-17-8-4-2-6-14(17)22/h1-11H,(H2,24,25,28)(H2,26,27,29). The third-order valence-corrected chi connectivity index (χ3v) is 4.69. The van der Waals surface area contributed by atoms with E-state index >= 15 is 0 Å². The number of hydrogen-bond acceptors (Lipinski definition) is 2. The van der Waals surface area contributed by atoms with Gasteiger partial charge in [-0.25, -0.2) is 9.59 Å². The number of nitrogens with one attached hydrogen (secondary N) is 4. The van der Waals surface area contributed by atoms with Crippen LogP contribution in [-0.2, 0) is 0 Å². The van der Waals surface area contributed by atoms with Crippen molar-refractivity contribution in [2.45, 2.75) is 0 Å². The fraction of sp³-hybridized carbons (Fsp3) is 0. The summed E-state index contributed by atoms with van der Waals surface area (Å²) in [6, 6.07) is 17.4. The summed E-state index contributed by atoms with van der Waals surface area (Å²) in [6.45, 7) is 0. The fourth-order valence-electron chi connectivity index (χ4n) is 2.38. The molecule has 0 unspecified atom stereocenters. The Kier molecular flexibility index (Phi) is 6.82. The zero-order valence-corrected chi connectivity index (χ0v) is 17.1. The van der Waals surface area contributed by atoms with Gasteiger partial charge in [-0.05, 0) is 42.5 Å². The molecule has 0 heterocycles. The molecule has 0 aromatic heterocycles. The maximum absolute atomic E-state index is 12.2. The van der Waals surface area contributed by atoms with Crippen LogP contribution in [0.1, 0.15) is 0 Å². The molecular formula is C20H15Cl3N4O2. The van der Waals surface area contributed by atoms with Gasteiger partial charge >= 0.3 is 12.1 Å². The molecule has 3 aromatic carbocycles. The van der Waals surface area contributed by atoms with Crippen molar-refractivity contribution in [1.82, 2.24) is 0 Å². The van der Waals surface area contributed by atoms with Gasteiger partial charge in [0.05, 0.1) is 32.1 Å². The zero-order chi connectivity index (χ0) is 20.8. The number of para-hydroxylation sites is 2. The van der Waals surface area contributed by atoms with Crippen LogP contribution in [-0.4, -0.2) is 12.1 Å². The highest BCUT2D eigenvalue weighted by molar-refractivity contribution is 6.35. The van der Waals surface area contributed by atoms with Gasteiger partial charge in [-0.15, -0.1) is 0 Å². The summed E-state index contributed by atoms with van der Waals surface area (Å²) in [5, 5.41) is 11.6. The van der Waals surface area contributed by atoms with Gasteiger partial charge in [0, 0.05) is 5.69 Å². The van der Waals surface area contributed by atoms with Crippen molar-refractivity contribution in [3.8, 4) is 0 Å². The highest BCUT2D eigenvalue weighted by atomic mass is 35.5. The third-order valence-electron chi connectivity index (χ3n) is 3.72. The van der Waals surface area contributed by atoms with E-state index in [1.54, 1.807) is 60.7 Å². The van der Waals surface area contributed by atoms with E-state index in [2.05, 4.69) is 21.3 Å². The van der Waals surface area contributed by atoms with Gasteiger partial charge in [-0.3, -0.25) is 0 Å². The van der Waals surface area contributed by atoms with Gasteiger partial charge in [0.15, 0.2) is 0 Å². The van der Waals surface area contributed by atoms with E-state index in [9.17, 15) is 9.59 Å². The number of benzene rings is 3.